The summed E-state index contributed by atoms with van der Waals surface area (Å²) < 4.78 is 0. The average Bonchev–Trinajstić information content (AvgIpc) is 3.09. The number of hydrogen-bond donors (Lipinski definition) is 2. The van der Waals surface area contributed by atoms with Crippen molar-refractivity contribution >= 4 is 45.0 Å². The van der Waals surface area contributed by atoms with E-state index < -0.39 is 0 Å². The van der Waals surface area contributed by atoms with Crippen LogP contribution in [0.25, 0.3) is 10.2 Å². The number of carbonyl (C=O) groups excluding carboxylic acids is 2. The third kappa shape index (κ3) is 4.11. The Hall–Kier alpha value is -2.71. The Morgan fingerprint density at radius 3 is 2.80 bits per heavy atom. The number of hydrogen-bond acceptors (Lipinski definition) is 5. The number of fused-ring (bicyclic) bond motifs is 1. The van der Waals surface area contributed by atoms with Crippen molar-refractivity contribution in [1.82, 2.24) is 20.2 Å². The van der Waals surface area contributed by atoms with Gasteiger partial charge in [0, 0.05) is 30.6 Å². The van der Waals surface area contributed by atoms with E-state index in [9.17, 15) is 14.4 Å². The Kier molecular flexibility index (Phi) is 5.87. The first-order valence-corrected chi connectivity index (χ1v) is 10.9. The molecular weight excluding hydrogens is 424 g/mol. The summed E-state index contributed by atoms with van der Waals surface area (Å²) >= 11 is 7.22. The minimum Gasteiger partial charge on any atom is -0.352 e. The van der Waals surface area contributed by atoms with Crippen LogP contribution in [-0.4, -0.2) is 39.8 Å². The predicted octanol–water partition coefficient (Wildman–Crippen LogP) is 3.12. The van der Waals surface area contributed by atoms with Gasteiger partial charge in [0.2, 0.25) is 5.91 Å². The highest BCUT2D eigenvalue weighted by molar-refractivity contribution is 7.20. The number of aromatic nitrogens is 2. The van der Waals surface area contributed by atoms with E-state index in [-0.39, 0.29) is 23.3 Å². The predicted molar refractivity (Wildman–Crippen MR) is 117 cm³/mol. The van der Waals surface area contributed by atoms with E-state index in [4.69, 9.17) is 11.6 Å². The van der Waals surface area contributed by atoms with Crippen molar-refractivity contribution in [2.24, 2.45) is 5.92 Å². The molecule has 1 fully saturated rings. The lowest BCUT2D eigenvalue weighted by atomic mass is 9.95. The van der Waals surface area contributed by atoms with Gasteiger partial charge >= 0.3 is 0 Å². The fraction of sp³-hybridized carbons (Fsp3) is 0.333. The number of thiophene rings is 1. The maximum atomic E-state index is 13.0. The second-order valence-electron chi connectivity index (χ2n) is 7.38. The quantitative estimate of drug-likeness (QED) is 0.646. The van der Waals surface area contributed by atoms with E-state index in [1.807, 2.05) is 18.2 Å². The van der Waals surface area contributed by atoms with Crippen molar-refractivity contribution in [1.29, 1.82) is 0 Å². The zero-order chi connectivity index (χ0) is 21.3. The van der Waals surface area contributed by atoms with Crippen LogP contribution >= 0.6 is 22.9 Å². The van der Waals surface area contributed by atoms with Crippen molar-refractivity contribution < 1.29 is 9.59 Å². The summed E-state index contributed by atoms with van der Waals surface area (Å²) in [5, 5.41) is 4.07. The number of rotatable bonds is 4. The molecule has 0 aliphatic carbocycles. The normalized spacial score (nSPS) is 14.8. The fourth-order valence-corrected chi connectivity index (χ4v) is 5.08. The maximum Gasteiger partial charge on any atom is 0.264 e. The van der Waals surface area contributed by atoms with E-state index in [0.717, 1.165) is 5.56 Å². The number of halogens is 1. The summed E-state index contributed by atoms with van der Waals surface area (Å²) in [6, 6.07) is 7.40. The van der Waals surface area contributed by atoms with Crippen molar-refractivity contribution in [2.45, 2.75) is 26.3 Å². The molecule has 3 aromatic rings. The van der Waals surface area contributed by atoms with Gasteiger partial charge in [0.05, 0.1) is 16.6 Å². The van der Waals surface area contributed by atoms with Gasteiger partial charge < -0.3 is 15.2 Å². The summed E-state index contributed by atoms with van der Waals surface area (Å²) in [4.78, 5) is 47.2. The lowest BCUT2D eigenvalue weighted by Crippen LogP contribution is -2.42. The molecule has 0 radical (unpaired) electrons. The van der Waals surface area contributed by atoms with Crippen LogP contribution in [0.1, 0.15) is 33.6 Å². The second kappa shape index (κ2) is 8.57. The van der Waals surface area contributed by atoms with Gasteiger partial charge in [-0.15, -0.1) is 11.3 Å². The second-order valence-corrected chi connectivity index (χ2v) is 8.82. The van der Waals surface area contributed by atoms with Crippen LogP contribution < -0.4 is 10.9 Å². The minimum atomic E-state index is -0.233. The van der Waals surface area contributed by atoms with Crippen LogP contribution in [0.15, 0.2) is 35.4 Å². The molecule has 0 spiro atoms. The number of nitrogens with one attached hydrogen (secondary N) is 2. The standard InChI is InChI=1S/C21H21ClN4O3S/c1-12-16-19(28)24-11-25-20(16)30-17(12)21(29)26-7-5-14(6-8-26)18(27)23-10-13-3-2-4-15(22)9-13/h2-4,9,11,14H,5-8,10H2,1H3,(H,23,27)(H,24,25,28). The SMILES string of the molecule is Cc1c(C(=O)N2CCC(C(=O)NCc3cccc(Cl)c3)CC2)sc2nc[nH]c(=O)c12. The van der Waals surface area contributed by atoms with Crippen LogP contribution in [0.4, 0.5) is 0 Å². The lowest BCUT2D eigenvalue weighted by Gasteiger charge is -2.31. The summed E-state index contributed by atoms with van der Waals surface area (Å²) in [5.41, 5.74) is 1.38. The van der Waals surface area contributed by atoms with Crippen molar-refractivity contribution in [2.75, 3.05) is 13.1 Å². The summed E-state index contributed by atoms with van der Waals surface area (Å²) in [5.74, 6) is -0.232. The van der Waals surface area contributed by atoms with Crippen molar-refractivity contribution in [3.05, 3.63) is 62.0 Å². The third-order valence-corrected chi connectivity index (χ3v) is 6.86. The number of amides is 2. The number of likely N-dealkylation sites (tertiary alicyclic amines) is 1. The topological polar surface area (TPSA) is 95.2 Å². The molecule has 1 aliphatic rings. The van der Waals surface area contributed by atoms with E-state index in [2.05, 4.69) is 15.3 Å². The number of aromatic amines is 1. The largest absolute Gasteiger partial charge is 0.352 e. The number of piperidine rings is 1. The molecule has 3 heterocycles. The van der Waals surface area contributed by atoms with Gasteiger partial charge in [-0.25, -0.2) is 4.98 Å². The highest BCUT2D eigenvalue weighted by atomic mass is 35.5. The zero-order valence-corrected chi connectivity index (χ0v) is 18.0. The Bertz CT molecular complexity index is 1160. The first-order valence-electron chi connectivity index (χ1n) is 9.72. The number of benzene rings is 1. The molecule has 30 heavy (non-hydrogen) atoms. The Morgan fingerprint density at radius 2 is 2.10 bits per heavy atom. The van der Waals surface area contributed by atoms with E-state index in [1.54, 1.807) is 17.9 Å². The molecule has 1 saturated heterocycles. The molecule has 7 nitrogen and oxygen atoms in total. The smallest absolute Gasteiger partial charge is 0.264 e. The van der Waals surface area contributed by atoms with Gasteiger partial charge in [0.25, 0.3) is 11.5 Å². The molecule has 2 aromatic heterocycles. The van der Waals surface area contributed by atoms with Gasteiger partial charge in [-0.05, 0) is 43.0 Å². The van der Waals surface area contributed by atoms with E-state index in [0.29, 0.717) is 58.2 Å². The Labute approximate surface area is 182 Å². The van der Waals surface area contributed by atoms with Crippen LogP contribution in [0.2, 0.25) is 5.02 Å². The molecule has 9 heteroatoms. The number of H-pyrrole nitrogens is 1. The lowest BCUT2D eigenvalue weighted by molar-refractivity contribution is -0.126. The molecule has 0 saturated carbocycles. The van der Waals surface area contributed by atoms with Gasteiger partial charge in [0.1, 0.15) is 4.83 Å². The number of carbonyl (C=O) groups is 2. The summed E-state index contributed by atoms with van der Waals surface area (Å²) in [6.07, 6.45) is 2.56. The Balaban J connectivity index is 1.37. The molecule has 156 valence electrons. The monoisotopic (exact) mass is 444 g/mol. The minimum absolute atomic E-state index is 0.00384. The molecule has 1 aromatic carbocycles. The molecule has 0 atom stereocenters. The average molecular weight is 445 g/mol. The van der Waals surface area contributed by atoms with Gasteiger partial charge in [0.15, 0.2) is 0 Å². The van der Waals surface area contributed by atoms with Crippen molar-refractivity contribution in [3.8, 4) is 0 Å². The van der Waals surface area contributed by atoms with E-state index >= 15 is 0 Å². The Morgan fingerprint density at radius 1 is 1.33 bits per heavy atom. The summed E-state index contributed by atoms with van der Waals surface area (Å²) in [6.45, 7) is 3.22. The zero-order valence-electron chi connectivity index (χ0n) is 16.4. The highest BCUT2D eigenvalue weighted by Gasteiger charge is 2.29. The van der Waals surface area contributed by atoms with Crippen LogP contribution in [0.3, 0.4) is 0 Å². The third-order valence-electron chi connectivity index (χ3n) is 5.44. The molecule has 0 unspecified atom stereocenters. The molecule has 2 amide bonds. The number of aryl methyl sites for hydroxylation is 1. The van der Waals surface area contributed by atoms with Crippen LogP contribution in [0.5, 0.6) is 0 Å². The van der Waals surface area contributed by atoms with Crippen LogP contribution in [-0.2, 0) is 11.3 Å². The summed E-state index contributed by atoms with van der Waals surface area (Å²) in [7, 11) is 0. The van der Waals surface area contributed by atoms with Gasteiger partial charge in [-0.2, -0.15) is 0 Å². The van der Waals surface area contributed by atoms with E-state index in [1.165, 1.54) is 17.7 Å². The molecule has 2 N–H and O–H groups in total. The molecule has 0 bridgehead atoms. The van der Waals surface area contributed by atoms with Gasteiger partial charge in [-0.1, -0.05) is 23.7 Å². The first-order chi connectivity index (χ1) is 14.4. The van der Waals surface area contributed by atoms with Crippen LogP contribution in [0, 0.1) is 12.8 Å². The van der Waals surface area contributed by atoms with Crippen molar-refractivity contribution in [3.63, 3.8) is 0 Å². The first kappa shape index (κ1) is 20.6. The fourth-order valence-electron chi connectivity index (χ4n) is 3.75. The molecular formula is C21H21ClN4O3S. The van der Waals surface area contributed by atoms with Gasteiger partial charge in [-0.3, -0.25) is 14.4 Å². The number of nitrogens with zero attached hydrogens (tertiary/aromatic N) is 2. The molecule has 4 rings (SSSR count). The molecule has 1 aliphatic heterocycles. The maximum absolute atomic E-state index is 13.0. The highest BCUT2D eigenvalue weighted by Crippen LogP contribution is 2.29.